The molecule has 1 aliphatic heterocycles. The molecule has 0 amide bonds. The molecule has 1 heterocycles. The van der Waals surface area contributed by atoms with Crippen molar-refractivity contribution in [1.29, 1.82) is 0 Å². The molecule has 0 N–H and O–H groups in total. The third-order valence-electron chi connectivity index (χ3n) is 13.5. The van der Waals surface area contributed by atoms with E-state index in [-0.39, 0.29) is 16.6 Å². The molecule has 0 aromatic rings. The summed E-state index contributed by atoms with van der Waals surface area (Å²) in [6, 6.07) is 7.41. The summed E-state index contributed by atoms with van der Waals surface area (Å²) in [7, 11) is -3.38. The van der Waals surface area contributed by atoms with Gasteiger partial charge in [-0.3, -0.25) is 0 Å². The molecule has 4 aliphatic carbocycles. The SMILES string of the molecule is CC[Si](CC)(CC)O[C@H]1CC[C@@]2(C)C(=CC[C@@H]3[C@@H]2[C@@H](O[Si](CC)(CC)CC)C[C@@]2(C)[C@H]3CCC23OCCO3)C1. The van der Waals surface area contributed by atoms with Crippen LogP contribution in [-0.2, 0) is 18.3 Å². The highest BCUT2D eigenvalue weighted by Crippen LogP contribution is 2.69. The van der Waals surface area contributed by atoms with E-state index < -0.39 is 16.6 Å². The first-order chi connectivity index (χ1) is 18.6. The van der Waals surface area contributed by atoms with Gasteiger partial charge >= 0.3 is 0 Å². The van der Waals surface area contributed by atoms with Crippen LogP contribution in [-0.4, -0.2) is 47.8 Å². The molecule has 0 unspecified atom stereocenters. The monoisotopic (exact) mass is 576 g/mol. The van der Waals surface area contributed by atoms with E-state index in [0.29, 0.717) is 30.0 Å². The zero-order valence-corrected chi connectivity index (χ0v) is 28.7. The molecule has 0 bridgehead atoms. The fourth-order valence-electron chi connectivity index (χ4n) is 10.5. The smallest absolute Gasteiger partial charge is 0.192 e. The van der Waals surface area contributed by atoms with Crippen molar-refractivity contribution < 1.29 is 18.3 Å². The lowest BCUT2D eigenvalue weighted by Crippen LogP contribution is -2.62. The zero-order valence-electron chi connectivity index (χ0n) is 26.7. The van der Waals surface area contributed by atoms with Gasteiger partial charge in [0.15, 0.2) is 22.4 Å². The van der Waals surface area contributed by atoms with Gasteiger partial charge in [0.1, 0.15) is 0 Å². The van der Waals surface area contributed by atoms with Gasteiger partial charge in [-0.1, -0.05) is 67.0 Å². The van der Waals surface area contributed by atoms with Crippen molar-refractivity contribution in [2.45, 2.75) is 155 Å². The van der Waals surface area contributed by atoms with E-state index in [4.69, 9.17) is 18.3 Å². The first-order valence-electron chi connectivity index (χ1n) is 17.0. The van der Waals surface area contributed by atoms with Crippen molar-refractivity contribution in [3.05, 3.63) is 11.6 Å². The number of ether oxygens (including phenoxy) is 2. The van der Waals surface area contributed by atoms with E-state index in [1.807, 2.05) is 0 Å². The zero-order chi connectivity index (χ0) is 28.1. The summed E-state index contributed by atoms with van der Waals surface area (Å²) in [5.41, 5.74) is 1.98. The normalized spacial score (nSPS) is 39.8. The van der Waals surface area contributed by atoms with E-state index in [1.54, 1.807) is 5.57 Å². The van der Waals surface area contributed by atoms with Crippen molar-refractivity contribution in [1.82, 2.24) is 0 Å². The predicted octanol–water partition coefficient (Wildman–Crippen LogP) is 9.08. The lowest BCUT2D eigenvalue weighted by Gasteiger charge is -2.62. The molecule has 0 aromatic heterocycles. The molecule has 39 heavy (non-hydrogen) atoms. The number of rotatable bonds is 10. The van der Waals surface area contributed by atoms with Crippen LogP contribution in [0.2, 0.25) is 36.3 Å². The third kappa shape index (κ3) is 4.74. The molecule has 3 saturated carbocycles. The van der Waals surface area contributed by atoms with Crippen LogP contribution in [0, 0.1) is 28.6 Å². The van der Waals surface area contributed by atoms with Gasteiger partial charge < -0.3 is 18.3 Å². The fourth-order valence-corrected chi connectivity index (χ4v) is 16.3. The first-order valence-corrected chi connectivity index (χ1v) is 22.0. The predicted molar refractivity (Wildman–Crippen MR) is 166 cm³/mol. The van der Waals surface area contributed by atoms with E-state index >= 15 is 0 Å². The molecule has 224 valence electrons. The minimum atomic E-state index is -1.78. The Morgan fingerprint density at radius 2 is 1.41 bits per heavy atom. The standard InChI is InChI=1S/C33H60O4Si2/c1-9-38(10-2,11-3)36-26-17-19-31(7)25(23-26)15-16-27-28-18-20-33(34-21-22-35-33)32(28,8)24-29(30(27)31)37-39(12-4,13-5)14-6/h15,26-30H,9-14,16-24H2,1-8H3/t26-,27-,28-,29-,30+,31-,32-/m0/s1. The summed E-state index contributed by atoms with van der Waals surface area (Å²) < 4.78 is 27.8. The molecule has 1 saturated heterocycles. The second-order valence-electron chi connectivity index (χ2n) is 14.4. The highest BCUT2D eigenvalue weighted by atomic mass is 28.4. The molecule has 6 heteroatoms. The van der Waals surface area contributed by atoms with Gasteiger partial charge in [-0.2, -0.15) is 0 Å². The molecule has 4 fully saturated rings. The maximum atomic E-state index is 7.62. The van der Waals surface area contributed by atoms with Gasteiger partial charge in [0, 0.05) is 24.0 Å². The second kappa shape index (κ2) is 11.3. The Balaban J connectivity index is 1.49. The van der Waals surface area contributed by atoms with E-state index in [1.165, 1.54) is 61.9 Å². The Hall–Kier alpha value is 0.0138. The Labute approximate surface area is 242 Å². The van der Waals surface area contributed by atoms with E-state index in [2.05, 4.69) is 61.5 Å². The third-order valence-corrected chi connectivity index (χ3v) is 22.8. The summed E-state index contributed by atoms with van der Waals surface area (Å²) in [5.74, 6) is 1.55. The Kier molecular flexibility index (Phi) is 8.80. The van der Waals surface area contributed by atoms with Gasteiger partial charge in [0.05, 0.1) is 13.2 Å². The van der Waals surface area contributed by atoms with E-state index in [9.17, 15) is 0 Å². The number of hydrogen-bond acceptors (Lipinski definition) is 4. The van der Waals surface area contributed by atoms with Crippen LogP contribution in [0.4, 0.5) is 0 Å². The van der Waals surface area contributed by atoms with Gasteiger partial charge in [0.25, 0.3) is 0 Å². The minimum absolute atomic E-state index is 0.0430. The van der Waals surface area contributed by atoms with Gasteiger partial charge in [-0.25, -0.2) is 0 Å². The van der Waals surface area contributed by atoms with Gasteiger partial charge in [-0.05, 0) is 98.0 Å². The van der Waals surface area contributed by atoms with Crippen molar-refractivity contribution in [3.63, 3.8) is 0 Å². The first kappa shape index (κ1) is 30.5. The lowest BCUT2D eigenvalue weighted by molar-refractivity contribution is -0.254. The van der Waals surface area contributed by atoms with Crippen molar-refractivity contribution in [2.24, 2.45) is 28.6 Å². The van der Waals surface area contributed by atoms with Gasteiger partial charge in [0.2, 0.25) is 0 Å². The van der Waals surface area contributed by atoms with Crippen LogP contribution in [0.15, 0.2) is 11.6 Å². The van der Waals surface area contributed by atoms with Crippen LogP contribution in [0.3, 0.4) is 0 Å². The summed E-state index contributed by atoms with van der Waals surface area (Å²) in [6.07, 6.45) is 11.7. The number of hydrogen-bond donors (Lipinski definition) is 0. The van der Waals surface area contributed by atoms with Crippen LogP contribution < -0.4 is 0 Å². The topological polar surface area (TPSA) is 36.9 Å². The van der Waals surface area contributed by atoms with E-state index in [0.717, 1.165) is 32.5 Å². The Morgan fingerprint density at radius 3 is 2.00 bits per heavy atom. The second-order valence-corrected chi connectivity index (χ2v) is 23.9. The summed E-state index contributed by atoms with van der Waals surface area (Å²) in [4.78, 5) is 0. The Morgan fingerprint density at radius 1 is 0.821 bits per heavy atom. The van der Waals surface area contributed by atoms with Crippen LogP contribution in [0.5, 0.6) is 0 Å². The Bertz CT molecular complexity index is 876. The molecule has 0 aromatic carbocycles. The highest BCUT2D eigenvalue weighted by Gasteiger charge is 2.69. The van der Waals surface area contributed by atoms with Crippen molar-refractivity contribution >= 4 is 16.6 Å². The summed E-state index contributed by atoms with van der Waals surface area (Å²) >= 11 is 0. The highest BCUT2D eigenvalue weighted by molar-refractivity contribution is 6.74. The summed E-state index contributed by atoms with van der Waals surface area (Å²) in [6.45, 7) is 21.0. The summed E-state index contributed by atoms with van der Waals surface area (Å²) in [5, 5.41) is 0. The maximum Gasteiger partial charge on any atom is 0.192 e. The molecular weight excluding hydrogens is 517 g/mol. The molecule has 1 spiro atoms. The molecule has 5 aliphatic rings. The largest absolute Gasteiger partial charge is 0.414 e. The fraction of sp³-hybridized carbons (Fsp3) is 0.939. The average Bonchev–Trinajstić information content (AvgIpc) is 3.55. The average molecular weight is 577 g/mol. The minimum Gasteiger partial charge on any atom is -0.414 e. The van der Waals surface area contributed by atoms with Gasteiger partial charge in [-0.15, -0.1) is 0 Å². The van der Waals surface area contributed by atoms with Crippen LogP contribution >= 0.6 is 0 Å². The molecular formula is C33H60O4Si2. The van der Waals surface area contributed by atoms with Crippen molar-refractivity contribution in [2.75, 3.05) is 13.2 Å². The molecule has 0 radical (unpaired) electrons. The van der Waals surface area contributed by atoms with Crippen LogP contribution in [0.25, 0.3) is 0 Å². The van der Waals surface area contributed by atoms with Crippen molar-refractivity contribution in [3.8, 4) is 0 Å². The lowest BCUT2D eigenvalue weighted by atomic mass is 9.46. The number of fused-ring (bicyclic) bond motifs is 6. The molecule has 5 rings (SSSR count). The molecule has 7 atom stereocenters. The molecule has 4 nitrogen and oxygen atoms in total. The maximum absolute atomic E-state index is 7.62. The number of allylic oxidation sites excluding steroid dienone is 1. The van der Waals surface area contributed by atoms with Crippen LogP contribution in [0.1, 0.15) is 100 Å². The quantitative estimate of drug-likeness (QED) is 0.192.